The summed E-state index contributed by atoms with van der Waals surface area (Å²) in [6.07, 6.45) is 1.49. The number of anilines is 1. The molecular weight excluding hydrogens is 296 g/mol. The minimum absolute atomic E-state index is 0.0507. The van der Waals surface area contributed by atoms with Crippen molar-refractivity contribution in [1.29, 1.82) is 0 Å². The van der Waals surface area contributed by atoms with E-state index in [0.717, 1.165) is 25.1 Å². The number of para-hydroxylation sites is 1. The first kappa shape index (κ1) is 14.9. The highest BCUT2D eigenvalue weighted by molar-refractivity contribution is 6.30. The van der Waals surface area contributed by atoms with Crippen LogP contribution in [0.2, 0.25) is 5.02 Å². The Kier molecular flexibility index (Phi) is 4.64. The Labute approximate surface area is 135 Å². The third kappa shape index (κ3) is 3.60. The van der Waals surface area contributed by atoms with E-state index in [1.165, 1.54) is 11.3 Å². The van der Waals surface area contributed by atoms with Crippen molar-refractivity contribution in [3.05, 3.63) is 64.7 Å². The molecule has 3 nitrogen and oxygen atoms in total. The van der Waals surface area contributed by atoms with Crippen LogP contribution < -0.4 is 10.2 Å². The molecule has 0 spiro atoms. The van der Waals surface area contributed by atoms with E-state index in [9.17, 15) is 4.79 Å². The number of fused-ring (bicyclic) bond motifs is 1. The summed E-state index contributed by atoms with van der Waals surface area (Å²) in [6, 6.07) is 15.9. The predicted molar refractivity (Wildman–Crippen MR) is 90.5 cm³/mol. The van der Waals surface area contributed by atoms with Crippen LogP contribution in [0.15, 0.2) is 48.5 Å². The Morgan fingerprint density at radius 1 is 1.14 bits per heavy atom. The molecule has 0 aliphatic carbocycles. The zero-order valence-electron chi connectivity index (χ0n) is 12.4. The summed E-state index contributed by atoms with van der Waals surface area (Å²) in [5, 5.41) is 3.68. The Morgan fingerprint density at radius 2 is 1.91 bits per heavy atom. The number of hydrogen-bond donors (Lipinski definition) is 1. The lowest BCUT2D eigenvalue weighted by Gasteiger charge is -2.19. The summed E-state index contributed by atoms with van der Waals surface area (Å²) in [6.45, 7) is 2.55. The molecule has 1 amide bonds. The van der Waals surface area contributed by atoms with Gasteiger partial charge in [-0.2, -0.15) is 0 Å². The van der Waals surface area contributed by atoms with E-state index in [1.807, 2.05) is 24.3 Å². The molecule has 1 N–H and O–H groups in total. The first-order chi connectivity index (χ1) is 10.7. The molecule has 1 aliphatic rings. The van der Waals surface area contributed by atoms with Gasteiger partial charge >= 0.3 is 0 Å². The summed E-state index contributed by atoms with van der Waals surface area (Å²) < 4.78 is 0. The van der Waals surface area contributed by atoms with Gasteiger partial charge in [-0.15, -0.1) is 0 Å². The number of hydrogen-bond acceptors (Lipinski definition) is 2. The topological polar surface area (TPSA) is 32.3 Å². The largest absolute Gasteiger partial charge is 0.369 e. The van der Waals surface area contributed by atoms with Crippen molar-refractivity contribution in [1.82, 2.24) is 5.32 Å². The third-order valence-corrected chi connectivity index (χ3v) is 4.22. The van der Waals surface area contributed by atoms with Crippen molar-refractivity contribution in [2.24, 2.45) is 0 Å². The van der Waals surface area contributed by atoms with Crippen molar-refractivity contribution in [3.8, 4) is 0 Å². The zero-order chi connectivity index (χ0) is 15.4. The molecule has 114 valence electrons. The first-order valence-corrected chi connectivity index (χ1v) is 7.94. The number of halogens is 1. The average Bonchev–Trinajstić information content (AvgIpc) is 2.93. The van der Waals surface area contributed by atoms with Crippen molar-refractivity contribution < 1.29 is 4.79 Å². The molecular formula is C18H19ClN2O. The fourth-order valence-corrected chi connectivity index (χ4v) is 2.95. The van der Waals surface area contributed by atoms with E-state index >= 15 is 0 Å². The highest BCUT2D eigenvalue weighted by Crippen LogP contribution is 2.26. The van der Waals surface area contributed by atoms with Crippen LogP contribution in [0.25, 0.3) is 0 Å². The van der Waals surface area contributed by atoms with Gasteiger partial charge in [-0.05, 0) is 35.7 Å². The summed E-state index contributed by atoms with van der Waals surface area (Å²) >= 11 is 5.84. The van der Waals surface area contributed by atoms with E-state index < -0.39 is 0 Å². The van der Waals surface area contributed by atoms with Crippen molar-refractivity contribution in [3.63, 3.8) is 0 Å². The summed E-state index contributed by atoms with van der Waals surface area (Å²) in [5.74, 6) is 0.0507. The third-order valence-electron chi connectivity index (χ3n) is 3.97. The van der Waals surface area contributed by atoms with E-state index in [1.54, 1.807) is 0 Å². The van der Waals surface area contributed by atoms with E-state index in [-0.39, 0.29) is 5.91 Å². The average molecular weight is 315 g/mol. The molecule has 1 aliphatic heterocycles. The lowest BCUT2D eigenvalue weighted by molar-refractivity contribution is -0.120. The molecule has 0 atom stereocenters. The Hall–Kier alpha value is -2.00. The SMILES string of the molecule is O=C(Cc1ccc(Cl)cc1)NCCN1CCc2ccccc21. The van der Waals surface area contributed by atoms with Crippen LogP contribution in [0, 0.1) is 0 Å². The number of nitrogens with one attached hydrogen (secondary N) is 1. The van der Waals surface area contributed by atoms with Gasteiger partial charge in [-0.1, -0.05) is 41.9 Å². The molecule has 0 bridgehead atoms. The molecule has 2 aromatic carbocycles. The molecule has 0 radical (unpaired) electrons. The molecule has 22 heavy (non-hydrogen) atoms. The molecule has 3 rings (SSSR count). The van der Waals surface area contributed by atoms with Crippen molar-refractivity contribution >= 4 is 23.2 Å². The monoisotopic (exact) mass is 314 g/mol. The van der Waals surface area contributed by atoms with Gasteiger partial charge in [0.1, 0.15) is 0 Å². The Morgan fingerprint density at radius 3 is 2.73 bits per heavy atom. The van der Waals surface area contributed by atoms with Gasteiger partial charge < -0.3 is 10.2 Å². The quantitative estimate of drug-likeness (QED) is 0.920. The fraction of sp³-hybridized carbons (Fsp3) is 0.278. The predicted octanol–water partition coefficient (Wildman–Crippen LogP) is 3.06. The molecule has 0 saturated carbocycles. The van der Waals surface area contributed by atoms with Crippen LogP contribution in [0.3, 0.4) is 0 Å². The van der Waals surface area contributed by atoms with Crippen LogP contribution in [0.4, 0.5) is 5.69 Å². The lowest BCUT2D eigenvalue weighted by atomic mass is 10.1. The van der Waals surface area contributed by atoms with E-state index in [4.69, 9.17) is 11.6 Å². The van der Waals surface area contributed by atoms with E-state index in [0.29, 0.717) is 18.0 Å². The number of carbonyl (C=O) groups is 1. The minimum atomic E-state index is 0.0507. The summed E-state index contributed by atoms with van der Waals surface area (Å²) in [4.78, 5) is 14.3. The fourth-order valence-electron chi connectivity index (χ4n) is 2.82. The van der Waals surface area contributed by atoms with Crippen LogP contribution in [-0.4, -0.2) is 25.5 Å². The Balaban J connectivity index is 1.45. The maximum atomic E-state index is 12.0. The number of benzene rings is 2. The molecule has 1 heterocycles. The molecule has 0 saturated heterocycles. The lowest BCUT2D eigenvalue weighted by Crippen LogP contribution is -2.34. The molecule has 4 heteroatoms. The van der Waals surface area contributed by atoms with Crippen LogP contribution in [0.5, 0.6) is 0 Å². The van der Waals surface area contributed by atoms with Crippen LogP contribution in [-0.2, 0) is 17.6 Å². The first-order valence-electron chi connectivity index (χ1n) is 7.56. The number of carbonyl (C=O) groups excluding carboxylic acids is 1. The summed E-state index contributed by atoms with van der Waals surface area (Å²) in [5.41, 5.74) is 3.68. The van der Waals surface area contributed by atoms with Gasteiger partial charge in [-0.3, -0.25) is 4.79 Å². The van der Waals surface area contributed by atoms with Gasteiger partial charge in [0.25, 0.3) is 0 Å². The van der Waals surface area contributed by atoms with Gasteiger partial charge in [-0.25, -0.2) is 0 Å². The van der Waals surface area contributed by atoms with Crippen molar-refractivity contribution in [2.45, 2.75) is 12.8 Å². The van der Waals surface area contributed by atoms with E-state index in [2.05, 4.69) is 34.5 Å². The van der Waals surface area contributed by atoms with Crippen LogP contribution in [0.1, 0.15) is 11.1 Å². The number of rotatable bonds is 5. The summed E-state index contributed by atoms with van der Waals surface area (Å²) in [7, 11) is 0. The number of nitrogens with zero attached hydrogens (tertiary/aromatic N) is 1. The molecule has 0 fully saturated rings. The normalized spacial score (nSPS) is 13.0. The van der Waals surface area contributed by atoms with Crippen LogP contribution >= 0.6 is 11.6 Å². The Bertz CT molecular complexity index is 654. The highest BCUT2D eigenvalue weighted by Gasteiger charge is 2.17. The second-order valence-corrected chi connectivity index (χ2v) is 5.96. The molecule has 2 aromatic rings. The van der Waals surface area contributed by atoms with Crippen molar-refractivity contribution in [2.75, 3.05) is 24.5 Å². The minimum Gasteiger partial charge on any atom is -0.369 e. The molecule has 0 aromatic heterocycles. The van der Waals surface area contributed by atoms with Gasteiger partial charge in [0.15, 0.2) is 0 Å². The maximum absolute atomic E-state index is 12.0. The van der Waals surface area contributed by atoms with Gasteiger partial charge in [0.05, 0.1) is 6.42 Å². The second-order valence-electron chi connectivity index (χ2n) is 5.52. The maximum Gasteiger partial charge on any atom is 0.224 e. The smallest absolute Gasteiger partial charge is 0.224 e. The van der Waals surface area contributed by atoms with Gasteiger partial charge in [0, 0.05) is 30.3 Å². The van der Waals surface area contributed by atoms with Gasteiger partial charge in [0.2, 0.25) is 5.91 Å². The second kappa shape index (κ2) is 6.84. The molecule has 0 unspecified atom stereocenters. The zero-order valence-corrected chi connectivity index (χ0v) is 13.1. The number of amides is 1. The highest BCUT2D eigenvalue weighted by atomic mass is 35.5. The standard InChI is InChI=1S/C18H19ClN2O/c19-16-7-5-14(6-8-16)13-18(22)20-10-12-21-11-9-15-3-1-2-4-17(15)21/h1-8H,9-13H2,(H,20,22).